The second-order valence-electron chi connectivity index (χ2n) is 9.50. The van der Waals surface area contributed by atoms with E-state index in [-0.39, 0.29) is 25.0 Å². The molecule has 3 saturated heterocycles. The van der Waals surface area contributed by atoms with Gasteiger partial charge in [0.25, 0.3) is 0 Å². The molecule has 0 bridgehead atoms. The number of likely N-dealkylation sites (tertiary alicyclic amines) is 1. The van der Waals surface area contributed by atoms with E-state index in [1.165, 1.54) is 0 Å². The zero-order valence-corrected chi connectivity index (χ0v) is 19.3. The molecule has 5 heterocycles. The number of rotatable bonds is 7. The molecule has 0 radical (unpaired) electrons. The molecule has 0 aromatic carbocycles. The fourth-order valence-corrected chi connectivity index (χ4v) is 5.94. The highest BCUT2D eigenvalue weighted by Gasteiger charge is 2.71. The monoisotopic (exact) mass is 475 g/mol. The summed E-state index contributed by atoms with van der Waals surface area (Å²) >= 11 is 0. The molecule has 10 heteroatoms. The highest BCUT2D eigenvalue weighted by Crippen LogP contribution is 2.53. The first-order valence-electron chi connectivity index (χ1n) is 12.3. The van der Waals surface area contributed by atoms with Gasteiger partial charge in [-0.3, -0.25) is 19.3 Å². The van der Waals surface area contributed by atoms with Crippen molar-refractivity contribution >= 4 is 17.8 Å². The van der Waals surface area contributed by atoms with E-state index in [9.17, 15) is 19.5 Å². The van der Waals surface area contributed by atoms with Crippen LogP contribution in [0.3, 0.4) is 0 Å². The number of hydrogen-bond acceptors (Lipinski definition) is 8. The summed E-state index contributed by atoms with van der Waals surface area (Å²) in [4.78, 5) is 46.2. The van der Waals surface area contributed by atoms with Gasteiger partial charge in [-0.05, 0) is 18.9 Å². The Labute approximate surface area is 199 Å². The van der Waals surface area contributed by atoms with Crippen LogP contribution >= 0.6 is 0 Å². The number of cyclic esters (lactones) is 1. The minimum atomic E-state index is -1.21. The van der Waals surface area contributed by atoms with Crippen molar-refractivity contribution in [2.24, 2.45) is 11.8 Å². The lowest BCUT2D eigenvalue weighted by atomic mass is 9.78. The van der Waals surface area contributed by atoms with Crippen LogP contribution < -0.4 is 0 Å². The Morgan fingerprint density at radius 3 is 2.65 bits per heavy atom. The van der Waals surface area contributed by atoms with Gasteiger partial charge < -0.3 is 29.1 Å². The number of aliphatic hydroxyl groups excluding tert-OH is 1. The number of ether oxygens (including phenoxy) is 3. The number of fused-ring (bicyclic) bond motifs is 2. The van der Waals surface area contributed by atoms with E-state index in [0.29, 0.717) is 45.7 Å². The van der Waals surface area contributed by atoms with Crippen molar-refractivity contribution < 1.29 is 33.7 Å². The quantitative estimate of drug-likeness (QED) is 0.289. The van der Waals surface area contributed by atoms with E-state index in [1.807, 2.05) is 12.2 Å². The summed E-state index contributed by atoms with van der Waals surface area (Å²) < 4.78 is 17.2. The van der Waals surface area contributed by atoms with Gasteiger partial charge in [-0.25, -0.2) is 0 Å². The molecule has 3 fully saturated rings. The molecule has 5 aliphatic rings. The van der Waals surface area contributed by atoms with Crippen LogP contribution in [0.5, 0.6) is 0 Å². The minimum Gasteiger partial charge on any atom is -0.461 e. The average molecular weight is 476 g/mol. The standard InChI is InChI=1S/C24H33N3O7/c28-13-2-1-8-27-20-22(30)26(10-9-25-11-15-32-16-12-25)7-4-6-24(20)19(21(27)29)18-17(34-24)5-3-14-33-23(18)31/h3-6,17-20,28H,1-2,7-16H2/t17-,18+,19+,20?,24+/m1/s1. The van der Waals surface area contributed by atoms with Gasteiger partial charge in [0.1, 0.15) is 24.2 Å². The van der Waals surface area contributed by atoms with Gasteiger partial charge in [-0.1, -0.05) is 18.2 Å². The maximum absolute atomic E-state index is 14.0. The second-order valence-corrected chi connectivity index (χ2v) is 9.50. The van der Waals surface area contributed by atoms with E-state index in [2.05, 4.69) is 4.90 Å². The Bertz CT molecular complexity index is 871. The van der Waals surface area contributed by atoms with Gasteiger partial charge in [-0.2, -0.15) is 0 Å². The minimum absolute atomic E-state index is 0.0130. The molecule has 186 valence electrons. The van der Waals surface area contributed by atoms with Crippen LogP contribution in [0.2, 0.25) is 0 Å². The largest absolute Gasteiger partial charge is 0.461 e. The SMILES string of the molecule is O=C1OCC=C[C@H]2O[C@]34C=CCN(CCN5CCOCC5)C(=O)C3N(CCCCO)C(=O)[C@@H]4[C@@H]12. The molecule has 0 aliphatic carbocycles. The Hall–Kier alpha value is -2.27. The lowest BCUT2D eigenvalue weighted by Gasteiger charge is -2.36. The summed E-state index contributed by atoms with van der Waals surface area (Å²) in [5.74, 6) is -2.47. The molecule has 1 unspecified atom stereocenters. The zero-order valence-electron chi connectivity index (χ0n) is 19.3. The maximum atomic E-state index is 14.0. The predicted molar refractivity (Wildman–Crippen MR) is 119 cm³/mol. The third kappa shape index (κ3) is 3.96. The number of unbranched alkanes of at least 4 members (excludes halogenated alkanes) is 1. The fourth-order valence-electron chi connectivity index (χ4n) is 5.94. The Morgan fingerprint density at radius 2 is 1.85 bits per heavy atom. The van der Waals surface area contributed by atoms with Gasteiger partial charge in [0.05, 0.1) is 25.2 Å². The highest BCUT2D eigenvalue weighted by atomic mass is 16.6. The maximum Gasteiger partial charge on any atom is 0.313 e. The number of morpholine rings is 1. The number of carbonyl (C=O) groups is 3. The molecule has 5 rings (SSSR count). The Morgan fingerprint density at radius 1 is 1.03 bits per heavy atom. The smallest absolute Gasteiger partial charge is 0.313 e. The van der Waals surface area contributed by atoms with E-state index >= 15 is 0 Å². The lowest BCUT2D eigenvalue weighted by molar-refractivity contribution is -0.153. The fraction of sp³-hybridized carbons (Fsp3) is 0.708. The molecule has 5 atom stereocenters. The summed E-state index contributed by atoms with van der Waals surface area (Å²) in [5.41, 5.74) is -1.21. The lowest BCUT2D eigenvalue weighted by Crippen LogP contribution is -2.56. The molecular formula is C24H33N3O7. The van der Waals surface area contributed by atoms with Crippen LogP contribution in [-0.4, -0.2) is 121 Å². The van der Waals surface area contributed by atoms with Crippen LogP contribution in [-0.2, 0) is 28.6 Å². The molecule has 0 aromatic rings. The number of aliphatic hydroxyl groups is 1. The topological polar surface area (TPSA) is 109 Å². The Kier molecular flexibility index (Phi) is 6.74. The third-order valence-corrected chi connectivity index (χ3v) is 7.59. The van der Waals surface area contributed by atoms with E-state index in [0.717, 1.165) is 19.6 Å². The number of nitrogens with zero attached hydrogens (tertiary/aromatic N) is 3. The van der Waals surface area contributed by atoms with E-state index < -0.39 is 35.6 Å². The van der Waals surface area contributed by atoms with Gasteiger partial charge in [0.15, 0.2) is 0 Å². The molecule has 1 spiro atoms. The molecule has 0 aromatic heterocycles. The van der Waals surface area contributed by atoms with Gasteiger partial charge in [-0.15, -0.1) is 0 Å². The number of amides is 2. The summed E-state index contributed by atoms with van der Waals surface area (Å²) in [6, 6.07) is -0.847. The van der Waals surface area contributed by atoms with Crippen molar-refractivity contribution in [3.8, 4) is 0 Å². The molecular weight excluding hydrogens is 442 g/mol. The van der Waals surface area contributed by atoms with Crippen molar-refractivity contribution in [3.63, 3.8) is 0 Å². The van der Waals surface area contributed by atoms with Gasteiger partial charge >= 0.3 is 5.97 Å². The third-order valence-electron chi connectivity index (χ3n) is 7.59. The normalized spacial score (nSPS) is 35.6. The van der Waals surface area contributed by atoms with Crippen molar-refractivity contribution in [2.75, 3.05) is 65.7 Å². The molecule has 2 amide bonds. The first kappa shape index (κ1) is 23.5. The first-order valence-corrected chi connectivity index (χ1v) is 12.3. The second kappa shape index (κ2) is 9.77. The molecule has 0 saturated carbocycles. The molecule has 1 N–H and O–H groups in total. The van der Waals surface area contributed by atoms with Crippen LogP contribution in [0.1, 0.15) is 12.8 Å². The average Bonchev–Trinajstić information content (AvgIpc) is 3.14. The highest BCUT2D eigenvalue weighted by molar-refractivity contribution is 5.99. The first-order chi connectivity index (χ1) is 16.6. The van der Waals surface area contributed by atoms with Crippen molar-refractivity contribution in [1.29, 1.82) is 0 Å². The molecule has 5 aliphatic heterocycles. The summed E-state index contributed by atoms with van der Waals surface area (Å²) in [6.07, 6.45) is 7.73. The predicted octanol–water partition coefficient (Wildman–Crippen LogP) is -0.817. The van der Waals surface area contributed by atoms with Crippen molar-refractivity contribution in [2.45, 2.75) is 30.6 Å². The van der Waals surface area contributed by atoms with E-state index in [1.54, 1.807) is 22.0 Å². The van der Waals surface area contributed by atoms with Crippen LogP contribution in [0.4, 0.5) is 0 Å². The van der Waals surface area contributed by atoms with Crippen molar-refractivity contribution in [1.82, 2.24) is 14.7 Å². The van der Waals surface area contributed by atoms with Crippen LogP contribution in [0.15, 0.2) is 24.3 Å². The van der Waals surface area contributed by atoms with Gasteiger partial charge in [0, 0.05) is 45.9 Å². The summed E-state index contributed by atoms with van der Waals surface area (Å²) in [5, 5.41) is 9.25. The van der Waals surface area contributed by atoms with E-state index in [4.69, 9.17) is 14.2 Å². The molecule has 10 nitrogen and oxygen atoms in total. The van der Waals surface area contributed by atoms with Crippen LogP contribution in [0, 0.1) is 11.8 Å². The number of carbonyl (C=O) groups excluding carboxylic acids is 3. The van der Waals surface area contributed by atoms with Crippen molar-refractivity contribution in [3.05, 3.63) is 24.3 Å². The molecule has 34 heavy (non-hydrogen) atoms. The Balaban J connectivity index is 1.44. The number of esters is 1. The zero-order chi connectivity index (χ0) is 23.7. The summed E-state index contributed by atoms with van der Waals surface area (Å²) in [6.45, 7) is 5.22. The number of hydrogen-bond donors (Lipinski definition) is 1. The van der Waals surface area contributed by atoms with Gasteiger partial charge in [0.2, 0.25) is 11.8 Å². The van der Waals surface area contributed by atoms with Crippen LogP contribution in [0.25, 0.3) is 0 Å². The summed E-state index contributed by atoms with van der Waals surface area (Å²) in [7, 11) is 0.